The molecule has 3 heterocycles. The van der Waals surface area contributed by atoms with Crippen LogP contribution in [0.25, 0.3) is 0 Å². The van der Waals surface area contributed by atoms with Crippen LogP contribution in [0.3, 0.4) is 0 Å². The van der Waals surface area contributed by atoms with Crippen molar-refractivity contribution in [2.24, 2.45) is 4.99 Å². The number of benzene rings is 2. The van der Waals surface area contributed by atoms with E-state index in [9.17, 15) is 5.11 Å². The molecule has 3 aliphatic rings. The molecular weight excluding hydrogens is 504 g/mol. The molecule has 212 valence electrons. The number of likely N-dealkylation sites (tertiary alicyclic amines) is 1. The first kappa shape index (κ1) is 29.3. The Morgan fingerprint density at radius 1 is 1.15 bits per heavy atom. The maximum atomic E-state index is 10.1. The molecule has 0 amide bonds. The summed E-state index contributed by atoms with van der Waals surface area (Å²) < 4.78 is 0. The van der Waals surface area contributed by atoms with Crippen LogP contribution in [0.5, 0.6) is 0 Å². The Labute approximate surface area is 239 Å². The molecule has 8 heteroatoms. The van der Waals surface area contributed by atoms with E-state index in [1.165, 1.54) is 29.9 Å². The number of nitrogen functional groups attached to an aromatic ring is 1. The molecule has 4 N–H and O–H groups in total. The van der Waals surface area contributed by atoms with Gasteiger partial charge in [-0.2, -0.15) is 11.8 Å². The molecule has 2 atom stereocenters. The van der Waals surface area contributed by atoms with Crippen molar-refractivity contribution in [3.63, 3.8) is 0 Å². The Balaban J connectivity index is 0.00000172. The van der Waals surface area contributed by atoms with Crippen LogP contribution < -0.4 is 16.1 Å². The van der Waals surface area contributed by atoms with Crippen molar-refractivity contribution in [2.75, 3.05) is 50.7 Å². The number of hydrogen-bond donors (Lipinski definition) is 3. The fraction of sp³-hybridized carbons (Fsp3) is 0.516. The number of piperidine rings is 1. The Bertz CT molecular complexity index is 1190. The number of fused-ring (bicyclic) bond motifs is 1. The largest absolute Gasteiger partial charge is 0.398 e. The van der Waals surface area contributed by atoms with E-state index in [1.54, 1.807) is 7.05 Å². The third-order valence-electron chi connectivity index (χ3n) is 8.27. The number of hydrazine groups is 1. The monoisotopic (exact) mass is 550 g/mol. The van der Waals surface area contributed by atoms with E-state index in [0.29, 0.717) is 0 Å². The van der Waals surface area contributed by atoms with E-state index in [1.807, 2.05) is 44.0 Å². The number of aliphatic hydroxyl groups excluding tert-OH is 1. The van der Waals surface area contributed by atoms with Gasteiger partial charge in [0.05, 0.1) is 30.2 Å². The molecular formula is C31H46N6OS. The second-order valence-electron chi connectivity index (χ2n) is 10.3. The molecule has 0 bridgehead atoms. The zero-order chi connectivity index (χ0) is 28.1. The number of anilines is 2. The number of nitrogens with one attached hydrogen (secondary N) is 1. The quantitative estimate of drug-likeness (QED) is 0.348. The number of hydrogen-bond acceptors (Lipinski definition) is 8. The van der Waals surface area contributed by atoms with Gasteiger partial charge in [-0.25, -0.2) is 5.01 Å². The molecule has 1 saturated heterocycles. The normalized spacial score (nSPS) is 21.9. The standard InChI is InChI=1S/C29H40N6OS.C2H6/c1-19-20(18-36)8-10-24-28(19)35(33(3)29(24)23-6-5-7-26(30)25(23)17-31-2)21-9-11-27(32-16-21)34-14-12-22(37-4)13-15-34;1-2/h5-8,10-11,17,21-22,29,32,36H,9,12-16,18,30H2,1-4H3;1-2H3. The number of nitrogens with two attached hydrogens (primary N) is 1. The number of aliphatic imine (C=N–C) groups is 1. The van der Waals surface area contributed by atoms with Gasteiger partial charge in [-0.3, -0.25) is 10.0 Å². The molecule has 1 fully saturated rings. The van der Waals surface area contributed by atoms with Crippen LogP contribution in [0, 0.1) is 6.92 Å². The van der Waals surface area contributed by atoms with E-state index in [4.69, 9.17) is 5.73 Å². The highest BCUT2D eigenvalue weighted by molar-refractivity contribution is 7.99. The van der Waals surface area contributed by atoms with Crippen LogP contribution in [0.1, 0.15) is 67.0 Å². The van der Waals surface area contributed by atoms with Crippen molar-refractivity contribution in [1.82, 2.24) is 15.2 Å². The van der Waals surface area contributed by atoms with Gasteiger partial charge in [-0.05, 0) is 61.3 Å². The first-order valence-corrected chi connectivity index (χ1v) is 15.5. The van der Waals surface area contributed by atoms with Crippen molar-refractivity contribution in [2.45, 2.75) is 64.0 Å². The van der Waals surface area contributed by atoms with Crippen LogP contribution in [-0.4, -0.2) is 72.5 Å². The number of rotatable bonds is 6. The molecule has 39 heavy (non-hydrogen) atoms. The molecule has 3 aliphatic heterocycles. The lowest BCUT2D eigenvalue weighted by atomic mass is 9.91. The van der Waals surface area contributed by atoms with Gasteiger partial charge in [0.25, 0.3) is 0 Å². The minimum Gasteiger partial charge on any atom is -0.398 e. The van der Waals surface area contributed by atoms with E-state index in [2.05, 4.69) is 69.7 Å². The smallest absolute Gasteiger partial charge is 0.0973 e. The summed E-state index contributed by atoms with van der Waals surface area (Å²) in [5, 5.41) is 19.4. The van der Waals surface area contributed by atoms with Crippen LogP contribution in [0.15, 0.2) is 47.2 Å². The maximum Gasteiger partial charge on any atom is 0.0973 e. The molecule has 5 rings (SSSR count). The highest BCUT2D eigenvalue weighted by Crippen LogP contribution is 2.48. The van der Waals surface area contributed by atoms with E-state index in [-0.39, 0.29) is 18.7 Å². The molecule has 2 aromatic carbocycles. The zero-order valence-corrected chi connectivity index (χ0v) is 25.3. The SMILES string of the molecule is CC.CN=Cc1c(N)cccc1C1c2ccc(CO)c(C)c2N(C2CC=C(N3CCC(SC)CC3)NC2)N1C. The van der Waals surface area contributed by atoms with Crippen LogP contribution in [0.2, 0.25) is 0 Å². The summed E-state index contributed by atoms with van der Waals surface area (Å²) in [4.78, 5) is 6.82. The molecule has 0 spiro atoms. The number of aliphatic hydroxyl groups is 1. The summed E-state index contributed by atoms with van der Waals surface area (Å²) in [5.41, 5.74) is 13.8. The number of nitrogens with zero attached hydrogens (tertiary/aromatic N) is 4. The lowest BCUT2D eigenvalue weighted by Gasteiger charge is -2.42. The third kappa shape index (κ3) is 5.65. The minimum absolute atomic E-state index is 0.00823. The molecule has 0 radical (unpaired) electrons. The predicted molar refractivity (Wildman–Crippen MR) is 168 cm³/mol. The molecule has 0 aliphatic carbocycles. The summed E-state index contributed by atoms with van der Waals surface area (Å²) in [6.45, 7) is 9.29. The molecule has 7 nitrogen and oxygen atoms in total. The average Bonchev–Trinajstić information content (AvgIpc) is 3.28. The Morgan fingerprint density at radius 3 is 2.51 bits per heavy atom. The summed E-state index contributed by atoms with van der Waals surface area (Å²) >= 11 is 2.00. The fourth-order valence-corrected chi connectivity index (χ4v) is 6.94. The van der Waals surface area contributed by atoms with Gasteiger partial charge in [0.15, 0.2) is 0 Å². The van der Waals surface area contributed by atoms with E-state index < -0.39 is 0 Å². The Kier molecular flexibility index (Phi) is 9.86. The number of thioether (sulfide) groups is 1. The van der Waals surface area contributed by atoms with E-state index >= 15 is 0 Å². The zero-order valence-electron chi connectivity index (χ0n) is 24.4. The van der Waals surface area contributed by atoms with Crippen molar-refractivity contribution >= 4 is 29.4 Å². The van der Waals surface area contributed by atoms with Gasteiger partial charge in [-0.15, -0.1) is 0 Å². The van der Waals surface area contributed by atoms with Gasteiger partial charge in [-0.1, -0.05) is 38.1 Å². The molecule has 2 unspecified atom stereocenters. The minimum atomic E-state index is 0.00823. The lowest BCUT2D eigenvalue weighted by Crippen LogP contribution is -2.52. The first-order chi connectivity index (χ1) is 19.0. The summed E-state index contributed by atoms with van der Waals surface area (Å²) in [5.74, 6) is 1.28. The van der Waals surface area contributed by atoms with Crippen molar-refractivity contribution < 1.29 is 5.11 Å². The maximum absolute atomic E-state index is 10.1. The first-order valence-electron chi connectivity index (χ1n) is 14.3. The van der Waals surface area contributed by atoms with Gasteiger partial charge >= 0.3 is 0 Å². The summed E-state index contributed by atoms with van der Waals surface area (Å²) in [6.07, 6.45) is 9.94. The average molecular weight is 551 g/mol. The Morgan fingerprint density at radius 2 is 1.90 bits per heavy atom. The second-order valence-corrected chi connectivity index (χ2v) is 11.4. The van der Waals surface area contributed by atoms with Crippen LogP contribution in [0.4, 0.5) is 11.4 Å². The van der Waals surface area contributed by atoms with Crippen molar-refractivity contribution in [3.8, 4) is 0 Å². The predicted octanol–water partition coefficient (Wildman–Crippen LogP) is 4.93. The summed E-state index contributed by atoms with van der Waals surface area (Å²) in [6, 6.07) is 10.6. The highest BCUT2D eigenvalue weighted by atomic mass is 32.2. The van der Waals surface area contributed by atoms with Crippen LogP contribution >= 0.6 is 11.8 Å². The second kappa shape index (κ2) is 13.1. The van der Waals surface area contributed by atoms with Crippen molar-refractivity contribution in [3.05, 3.63) is 70.0 Å². The fourth-order valence-electron chi connectivity index (χ4n) is 6.25. The van der Waals surface area contributed by atoms with Gasteiger partial charge < -0.3 is 21.1 Å². The lowest BCUT2D eigenvalue weighted by molar-refractivity contribution is 0.229. The summed E-state index contributed by atoms with van der Waals surface area (Å²) in [7, 11) is 3.96. The topological polar surface area (TPSA) is 80.4 Å². The molecule has 2 aromatic rings. The van der Waals surface area contributed by atoms with Crippen molar-refractivity contribution in [1.29, 1.82) is 0 Å². The molecule has 0 aromatic heterocycles. The van der Waals surface area contributed by atoms with Gasteiger partial charge in [0.2, 0.25) is 0 Å². The molecule has 0 saturated carbocycles. The van der Waals surface area contributed by atoms with E-state index in [0.717, 1.165) is 59.2 Å². The van der Waals surface area contributed by atoms with Gasteiger partial charge in [0.1, 0.15) is 0 Å². The van der Waals surface area contributed by atoms with Gasteiger partial charge in [0, 0.05) is 62.0 Å². The highest BCUT2D eigenvalue weighted by Gasteiger charge is 2.41. The third-order valence-corrected chi connectivity index (χ3v) is 9.41. The van der Waals surface area contributed by atoms with Crippen LogP contribution in [-0.2, 0) is 6.61 Å². The Hall–Kier alpha value is -2.68.